The van der Waals surface area contributed by atoms with Gasteiger partial charge in [0, 0.05) is 11.8 Å². The number of hydrogen-bond acceptors (Lipinski definition) is 1. The molecule has 0 aliphatic heterocycles. The lowest BCUT2D eigenvalue weighted by atomic mass is 9.73. The summed E-state index contributed by atoms with van der Waals surface area (Å²) in [5.74, 6) is 0.652. The first-order valence-corrected chi connectivity index (χ1v) is 6.13. The van der Waals surface area contributed by atoms with E-state index in [1.54, 1.807) is 0 Å². The molecule has 0 fully saturated rings. The molecule has 16 heavy (non-hydrogen) atoms. The van der Waals surface area contributed by atoms with Gasteiger partial charge in [0.05, 0.1) is 6.07 Å². The van der Waals surface area contributed by atoms with Crippen LogP contribution in [0, 0.1) is 17.2 Å². The van der Waals surface area contributed by atoms with Gasteiger partial charge in [-0.2, -0.15) is 5.26 Å². The fourth-order valence-corrected chi connectivity index (χ4v) is 3.16. The maximum Gasteiger partial charge on any atom is 0.0631 e. The van der Waals surface area contributed by atoms with Crippen molar-refractivity contribution < 1.29 is 0 Å². The van der Waals surface area contributed by atoms with Crippen LogP contribution < -0.4 is 0 Å². The number of aryl methyl sites for hydroxylation is 1. The monoisotopic (exact) mass is 213 g/mol. The highest BCUT2D eigenvalue weighted by molar-refractivity contribution is 5.40. The van der Waals surface area contributed by atoms with E-state index < -0.39 is 0 Å². The number of rotatable bonds is 3. The predicted octanol–water partition coefficient (Wildman–Crippen LogP) is 3.83. The van der Waals surface area contributed by atoms with Crippen LogP contribution in [0.3, 0.4) is 0 Å². The minimum Gasteiger partial charge on any atom is -0.198 e. The molecular weight excluding hydrogens is 194 g/mol. The Bertz CT molecular complexity index is 414. The van der Waals surface area contributed by atoms with Crippen LogP contribution in [0.4, 0.5) is 0 Å². The molecule has 1 nitrogen and oxygen atoms in total. The second kappa shape index (κ2) is 4.29. The molecule has 1 aromatic rings. The van der Waals surface area contributed by atoms with Crippen molar-refractivity contribution in [2.75, 3.05) is 0 Å². The zero-order chi connectivity index (χ0) is 11.6. The van der Waals surface area contributed by atoms with Gasteiger partial charge < -0.3 is 0 Å². The molecule has 84 valence electrons. The SMILES string of the molecule is CC(C)C[C@]1(CC#N)CCc2ccccc21. The van der Waals surface area contributed by atoms with Crippen molar-refractivity contribution in [3.63, 3.8) is 0 Å². The zero-order valence-corrected chi connectivity index (χ0v) is 10.2. The highest BCUT2D eigenvalue weighted by atomic mass is 14.4. The third kappa shape index (κ3) is 1.85. The van der Waals surface area contributed by atoms with Crippen molar-refractivity contribution in [3.8, 4) is 6.07 Å². The van der Waals surface area contributed by atoms with Crippen LogP contribution in [-0.4, -0.2) is 0 Å². The van der Waals surface area contributed by atoms with E-state index in [1.165, 1.54) is 11.1 Å². The van der Waals surface area contributed by atoms with E-state index in [9.17, 15) is 0 Å². The van der Waals surface area contributed by atoms with Crippen molar-refractivity contribution >= 4 is 0 Å². The van der Waals surface area contributed by atoms with E-state index >= 15 is 0 Å². The van der Waals surface area contributed by atoms with Gasteiger partial charge in [0.15, 0.2) is 0 Å². The van der Waals surface area contributed by atoms with Crippen LogP contribution in [0.15, 0.2) is 24.3 Å². The van der Waals surface area contributed by atoms with Crippen LogP contribution in [0.5, 0.6) is 0 Å². The highest BCUT2D eigenvalue weighted by Gasteiger charge is 2.38. The number of nitrogens with zero attached hydrogens (tertiary/aromatic N) is 1. The lowest BCUT2D eigenvalue weighted by Crippen LogP contribution is -2.24. The van der Waals surface area contributed by atoms with Gasteiger partial charge in [-0.15, -0.1) is 0 Å². The minimum atomic E-state index is 0.138. The molecule has 0 saturated heterocycles. The first kappa shape index (κ1) is 11.2. The summed E-state index contributed by atoms with van der Waals surface area (Å²) >= 11 is 0. The largest absolute Gasteiger partial charge is 0.198 e. The van der Waals surface area contributed by atoms with E-state index in [1.807, 2.05) is 0 Å². The predicted molar refractivity (Wildman–Crippen MR) is 66.1 cm³/mol. The number of benzene rings is 1. The van der Waals surface area contributed by atoms with Crippen LogP contribution >= 0.6 is 0 Å². The van der Waals surface area contributed by atoms with Gasteiger partial charge in [-0.3, -0.25) is 0 Å². The first-order chi connectivity index (χ1) is 7.68. The quantitative estimate of drug-likeness (QED) is 0.748. The van der Waals surface area contributed by atoms with Gasteiger partial charge in [-0.25, -0.2) is 0 Å². The third-order valence-electron chi connectivity index (χ3n) is 3.68. The Hall–Kier alpha value is -1.29. The average molecular weight is 213 g/mol. The Labute approximate surface area is 98.1 Å². The molecule has 1 aliphatic rings. The number of hydrogen-bond donors (Lipinski definition) is 0. The van der Waals surface area contributed by atoms with E-state index in [2.05, 4.69) is 44.2 Å². The van der Waals surface area contributed by atoms with Crippen molar-refractivity contribution in [2.45, 2.75) is 44.9 Å². The Morgan fingerprint density at radius 1 is 1.38 bits per heavy atom. The summed E-state index contributed by atoms with van der Waals surface area (Å²) in [4.78, 5) is 0. The fourth-order valence-electron chi connectivity index (χ4n) is 3.16. The summed E-state index contributed by atoms with van der Waals surface area (Å²) in [6, 6.07) is 11.1. The second-order valence-electron chi connectivity index (χ2n) is 5.37. The molecule has 1 aromatic carbocycles. The van der Waals surface area contributed by atoms with Crippen molar-refractivity contribution in [2.24, 2.45) is 5.92 Å². The molecule has 0 bridgehead atoms. The minimum absolute atomic E-state index is 0.138. The van der Waals surface area contributed by atoms with Crippen molar-refractivity contribution in [1.82, 2.24) is 0 Å². The molecule has 0 amide bonds. The van der Waals surface area contributed by atoms with Gasteiger partial charge >= 0.3 is 0 Å². The molecule has 1 atom stereocenters. The van der Waals surface area contributed by atoms with Crippen LogP contribution in [0.1, 0.15) is 44.2 Å². The summed E-state index contributed by atoms with van der Waals surface area (Å²) in [6.07, 6.45) is 4.10. The molecule has 2 rings (SSSR count). The van der Waals surface area contributed by atoms with E-state index in [0.717, 1.165) is 19.3 Å². The lowest BCUT2D eigenvalue weighted by molar-refractivity contribution is 0.342. The summed E-state index contributed by atoms with van der Waals surface area (Å²) in [6.45, 7) is 4.50. The molecule has 0 aromatic heterocycles. The second-order valence-corrected chi connectivity index (χ2v) is 5.37. The molecular formula is C15H19N. The average Bonchev–Trinajstić information content (AvgIpc) is 2.58. The number of nitriles is 1. The van der Waals surface area contributed by atoms with Crippen LogP contribution in [0.25, 0.3) is 0 Å². The van der Waals surface area contributed by atoms with Gasteiger partial charge in [0.2, 0.25) is 0 Å². The van der Waals surface area contributed by atoms with Gasteiger partial charge in [-0.05, 0) is 36.3 Å². The molecule has 0 saturated carbocycles. The summed E-state index contributed by atoms with van der Waals surface area (Å²) < 4.78 is 0. The summed E-state index contributed by atoms with van der Waals surface area (Å²) in [5.41, 5.74) is 3.03. The Kier molecular flexibility index (Phi) is 3.01. The van der Waals surface area contributed by atoms with E-state index in [4.69, 9.17) is 5.26 Å². The maximum absolute atomic E-state index is 9.08. The molecule has 1 aliphatic carbocycles. The zero-order valence-electron chi connectivity index (χ0n) is 10.2. The molecule has 0 heterocycles. The smallest absolute Gasteiger partial charge is 0.0631 e. The Balaban J connectivity index is 2.39. The van der Waals surface area contributed by atoms with Crippen molar-refractivity contribution in [3.05, 3.63) is 35.4 Å². The van der Waals surface area contributed by atoms with Crippen LogP contribution in [0.2, 0.25) is 0 Å². The maximum atomic E-state index is 9.08. The molecule has 0 spiro atoms. The fraction of sp³-hybridized carbons (Fsp3) is 0.533. The third-order valence-corrected chi connectivity index (χ3v) is 3.68. The van der Waals surface area contributed by atoms with Crippen LogP contribution in [-0.2, 0) is 11.8 Å². The number of fused-ring (bicyclic) bond motifs is 1. The van der Waals surface area contributed by atoms with Gasteiger partial charge in [0.1, 0.15) is 0 Å². The molecule has 0 N–H and O–H groups in total. The van der Waals surface area contributed by atoms with E-state index in [0.29, 0.717) is 12.3 Å². The Morgan fingerprint density at radius 3 is 2.81 bits per heavy atom. The lowest BCUT2D eigenvalue weighted by Gasteiger charge is -2.29. The topological polar surface area (TPSA) is 23.8 Å². The normalized spacial score (nSPS) is 23.1. The summed E-state index contributed by atoms with van der Waals surface area (Å²) in [5, 5.41) is 9.08. The molecule has 1 heteroatoms. The van der Waals surface area contributed by atoms with Gasteiger partial charge in [0.25, 0.3) is 0 Å². The van der Waals surface area contributed by atoms with E-state index in [-0.39, 0.29) is 5.41 Å². The molecule has 0 radical (unpaired) electrons. The Morgan fingerprint density at radius 2 is 2.12 bits per heavy atom. The first-order valence-electron chi connectivity index (χ1n) is 6.13. The van der Waals surface area contributed by atoms with Gasteiger partial charge in [-0.1, -0.05) is 38.1 Å². The standard InChI is InChI=1S/C15H19N/c1-12(2)11-15(9-10-16)8-7-13-5-3-4-6-14(13)15/h3-6,12H,7-9,11H2,1-2H3/t15-/m1/s1. The van der Waals surface area contributed by atoms with Crippen molar-refractivity contribution in [1.29, 1.82) is 5.26 Å². The summed E-state index contributed by atoms with van der Waals surface area (Å²) in [7, 11) is 0. The highest BCUT2D eigenvalue weighted by Crippen LogP contribution is 2.45. The molecule has 0 unspecified atom stereocenters.